The molecular weight excluding hydrogens is 663 g/mol. The lowest BCUT2D eigenvalue weighted by molar-refractivity contribution is 0.667. The van der Waals surface area contributed by atoms with Crippen LogP contribution in [0.15, 0.2) is 164 Å². The van der Waals surface area contributed by atoms with Crippen LogP contribution in [0.4, 0.5) is 0 Å². The summed E-state index contributed by atoms with van der Waals surface area (Å²) in [7, 11) is 0. The monoisotopic (exact) mass is 695 g/mol. The fraction of sp³-hybridized carbons (Fsp3) is 0.0612. The maximum Gasteiger partial charge on any atom is 0.160 e. The van der Waals surface area contributed by atoms with Crippen LogP contribution in [0.1, 0.15) is 25.0 Å². The van der Waals surface area contributed by atoms with Crippen molar-refractivity contribution in [1.82, 2.24) is 14.5 Å². The molecule has 3 aromatic heterocycles. The van der Waals surface area contributed by atoms with Crippen molar-refractivity contribution in [3.05, 3.63) is 175 Å². The van der Waals surface area contributed by atoms with Crippen LogP contribution in [0, 0.1) is 0 Å². The molecule has 53 heavy (non-hydrogen) atoms. The number of fused-ring (bicyclic) bond motifs is 12. The topological polar surface area (TPSA) is 30.7 Å². The van der Waals surface area contributed by atoms with Gasteiger partial charge in [0.2, 0.25) is 0 Å². The molecule has 3 nitrogen and oxygen atoms in total. The first-order valence-corrected chi connectivity index (χ1v) is 19.0. The summed E-state index contributed by atoms with van der Waals surface area (Å²) >= 11 is 1.94. The van der Waals surface area contributed by atoms with Gasteiger partial charge >= 0.3 is 0 Å². The Kier molecular flexibility index (Phi) is 6.47. The van der Waals surface area contributed by atoms with Crippen LogP contribution in [0.3, 0.4) is 0 Å². The Morgan fingerprint density at radius 1 is 0.547 bits per heavy atom. The number of aromatic nitrogens is 3. The van der Waals surface area contributed by atoms with E-state index in [2.05, 4.69) is 170 Å². The Morgan fingerprint density at radius 3 is 1.87 bits per heavy atom. The Labute approximate surface area is 311 Å². The Bertz CT molecular complexity index is 3000. The molecule has 0 spiro atoms. The summed E-state index contributed by atoms with van der Waals surface area (Å²) in [6.45, 7) is 4.81. The number of rotatable bonds is 4. The Hall–Kier alpha value is -6.36. The Morgan fingerprint density at radius 2 is 1.15 bits per heavy atom. The number of benzene rings is 7. The summed E-state index contributed by atoms with van der Waals surface area (Å²) in [6.07, 6.45) is 0. The third-order valence-electron chi connectivity index (χ3n) is 11.2. The lowest BCUT2D eigenvalue weighted by Crippen LogP contribution is -2.15. The Balaban J connectivity index is 1.18. The summed E-state index contributed by atoms with van der Waals surface area (Å²) in [6, 6.07) is 58.6. The van der Waals surface area contributed by atoms with Gasteiger partial charge in [0.15, 0.2) is 5.82 Å². The van der Waals surface area contributed by atoms with Gasteiger partial charge < -0.3 is 4.57 Å². The van der Waals surface area contributed by atoms with E-state index in [4.69, 9.17) is 9.97 Å². The van der Waals surface area contributed by atoms with Gasteiger partial charge in [0.05, 0.1) is 22.4 Å². The van der Waals surface area contributed by atoms with Crippen LogP contribution in [0.2, 0.25) is 0 Å². The van der Waals surface area contributed by atoms with E-state index < -0.39 is 0 Å². The van der Waals surface area contributed by atoms with E-state index in [1.165, 1.54) is 64.2 Å². The van der Waals surface area contributed by atoms with E-state index in [-0.39, 0.29) is 5.41 Å². The summed E-state index contributed by atoms with van der Waals surface area (Å²) in [5.41, 5.74) is 14.0. The van der Waals surface area contributed by atoms with Crippen LogP contribution in [-0.4, -0.2) is 14.5 Å². The first kappa shape index (κ1) is 30.3. The molecule has 0 saturated heterocycles. The first-order chi connectivity index (χ1) is 26.1. The summed E-state index contributed by atoms with van der Waals surface area (Å²) in [5.74, 6) is 0.710. The molecule has 0 unspecified atom stereocenters. The third-order valence-corrected chi connectivity index (χ3v) is 12.4. The lowest BCUT2D eigenvalue weighted by atomic mass is 9.81. The number of para-hydroxylation sites is 1. The van der Waals surface area contributed by atoms with Crippen molar-refractivity contribution in [1.29, 1.82) is 0 Å². The van der Waals surface area contributed by atoms with Crippen LogP contribution in [-0.2, 0) is 5.41 Å². The summed E-state index contributed by atoms with van der Waals surface area (Å²) in [4.78, 5) is 10.2. The molecule has 11 rings (SSSR count). The highest BCUT2D eigenvalue weighted by Crippen LogP contribution is 2.58. The van der Waals surface area contributed by atoms with Crippen molar-refractivity contribution in [2.24, 2.45) is 0 Å². The number of hydrogen-bond donors (Lipinski definition) is 0. The summed E-state index contributed by atoms with van der Waals surface area (Å²) < 4.78 is 5.21. The molecule has 0 N–H and O–H groups in total. The fourth-order valence-electron chi connectivity index (χ4n) is 8.79. The first-order valence-electron chi connectivity index (χ1n) is 18.2. The van der Waals surface area contributed by atoms with Crippen molar-refractivity contribution < 1.29 is 0 Å². The van der Waals surface area contributed by atoms with Crippen molar-refractivity contribution in [2.75, 3.05) is 0 Å². The van der Waals surface area contributed by atoms with Gasteiger partial charge in [-0.3, -0.25) is 0 Å². The molecule has 10 aromatic rings. The number of thiophene rings is 1. The highest BCUT2D eigenvalue weighted by atomic mass is 32.1. The van der Waals surface area contributed by atoms with E-state index in [9.17, 15) is 0 Å². The van der Waals surface area contributed by atoms with Crippen molar-refractivity contribution in [2.45, 2.75) is 19.3 Å². The smallest absolute Gasteiger partial charge is 0.160 e. The van der Waals surface area contributed by atoms with E-state index in [1.54, 1.807) is 0 Å². The second-order valence-corrected chi connectivity index (χ2v) is 15.6. The van der Waals surface area contributed by atoms with Crippen molar-refractivity contribution >= 4 is 53.3 Å². The second kappa shape index (κ2) is 11.3. The van der Waals surface area contributed by atoms with Crippen LogP contribution in [0.25, 0.3) is 92.7 Å². The minimum absolute atomic E-state index is 0.128. The van der Waals surface area contributed by atoms with E-state index in [0.717, 1.165) is 33.8 Å². The zero-order valence-corrected chi connectivity index (χ0v) is 30.2. The molecule has 3 heterocycles. The molecule has 1 aliphatic carbocycles. The molecule has 0 saturated carbocycles. The standard InChI is InChI=1S/C49H33N3S/c1-49(2)37-22-12-9-19-34(37)42-43-35-20-10-13-23-40(35)52(46(43)44-36-21-11-14-24-41(36)53-47(44)45(42)49)33-27-25-32(26-28-33)48-50-38(30-15-5-3-6-16-30)29-39(51-48)31-17-7-4-8-18-31/h3-29H,1-2H3. The van der Waals surface area contributed by atoms with Gasteiger partial charge in [-0.2, -0.15) is 0 Å². The molecule has 0 radical (unpaired) electrons. The van der Waals surface area contributed by atoms with Gasteiger partial charge in [0, 0.05) is 58.7 Å². The third kappa shape index (κ3) is 4.39. The van der Waals surface area contributed by atoms with Crippen LogP contribution < -0.4 is 0 Å². The van der Waals surface area contributed by atoms with Gasteiger partial charge in [-0.15, -0.1) is 11.3 Å². The van der Waals surface area contributed by atoms with Gasteiger partial charge in [-0.25, -0.2) is 9.97 Å². The maximum absolute atomic E-state index is 5.12. The molecule has 0 bridgehead atoms. The van der Waals surface area contributed by atoms with Crippen LogP contribution in [0.5, 0.6) is 0 Å². The molecule has 250 valence electrons. The molecule has 1 aliphatic rings. The van der Waals surface area contributed by atoms with E-state index in [0.29, 0.717) is 5.82 Å². The molecular formula is C49H33N3S. The van der Waals surface area contributed by atoms with Gasteiger partial charge in [-0.05, 0) is 64.7 Å². The van der Waals surface area contributed by atoms with Crippen LogP contribution >= 0.6 is 11.3 Å². The molecule has 7 aromatic carbocycles. The molecule has 0 aliphatic heterocycles. The highest BCUT2D eigenvalue weighted by molar-refractivity contribution is 7.26. The predicted molar refractivity (Wildman–Crippen MR) is 223 cm³/mol. The predicted octanol–water partition coefficient (Wildman–Crippen LogP) is 13.2. The van der Waals surface area contributed by atoms with E-state index in [1.807, 2.05) is 23.5 Å². The highest BCUT2D eigenvalue weighted by Gasteiger charge is 2.40. The van der Waals surface area contributed by atoms with Gasteiger partial charge in [0.1, 0.15) is 0 Å². The van der Waals surface area contributed by atoms with Gasteiger partial charge in [0.25, 0.3) is 0 Å². The lowest BCUT2D eigenvalue weighted by Gasteiger charge is -2.22. The van der Waals surface area contributed by atoms with Crippen molar-refractivity contribution in [3.63, 3.8) is 0 Å². The van der Waals surface area contributed by atoms with E-state index >= 15 is 0 Å². The molecule has 0 atom stereocenters. The normalized spacial score (nSPS) is 13.2. The molecule has 4 heteroatoms. The second-order valence-electron chi connectivity index (χ2n) is 14.5. The van der Waals surface area contributed by atoms with Gasteiger partial charge in [-0.1, -0.05) is 135 Å². The quantitative estimate of drug-likeness (QED) is 0.183. The zero-order chi connectivity index (χ0) is 35.3. The summed E-state index contributed by atoms with van der Waals surface area (Å²) in [5, 5.41) is 5.26. The average molecular weight is 696 g/mol. The number of nitrogens with zero attached hydrogens (tertiary/aromatic N) is 3. The minimum Gasteiger partial charge on any atom is -0.309 e. The van der Waals surface area contributed by atoms with Crippen molar-refractivity contribution in [3.8, 4) is 50.7 Å². The maximum atomic E-state index is 5.12. The largest absolute Gasteiger partial charge is 0.309 e. The number of hydrogen-bond acceptors (Lipinski definition) is 3. The molecule has 0 fully saturated rings. The zero-order valence-electron chi connectivity index (χ0n) is 29.3. The SMILES string of the molecule is CC1(C)c2ccccc2-c2c1c1sc3ccccc3c1c1c2c2ccccc2n1-c1ccc(-c2nc(-c3ccccc3)cc(-c3ccccc3)n2)cc1. The molecule has 0 amide bonds. The average Bonchev–Trinajstić information content (AvgIpc) is 3.84. The fourth-order valence-corrected chi connectivity index (χ4v) is 10.2. The minimum atomic E-state index is -0.128.